The van der Waals surface area contributed by atoms with Gasteiger partial charge in [0.15, 0.2) is 0 Å². The molecule has 1 aliphatic rings. The second-order valence-corrected chi connectivity index (χ2v) is 5.33. The molecular formula is C13H22N2O4. The maximum atomic E-state index is 12.2. The van der Waals surface area contributed by atoms with Gasteiger partial charge in [0.25, 0.3) is 0 Å². The number of carbonyl (C=O) groups excluding carboxylic acids is 2. The van der Waals surface area contributed by atoms with Gasteiger partial charge in [-0.2, -0.15) is 0 Å². The summed E-state index contributed by atoms with van der Waals surface area (Å²) in [4.78, 5) is 36.2. The first-order chi connectivity index (χ1) is 8.82. The molecule has 1 heterocycles. The number of Topliss-reactive ketones (excluding diaryl/α,β-unsaturated/α-hetero) is 1. The number of carbonyl (C=O) groups is 3. The van der Waals surface area contributed by atoms with E-state index in [4.69, 9.17) is 5.11 Å². The van der Waals surface area contributed by atoms with Crippen molar-refractivity contribution in [2.45, 2.75) is 45.7 Å². The van der Waals surface area contributed by atoms with Crippen LogP contribution in [0.3, 0.4) is 0 Å². The van der Waals surface area contributed by atoms with Gasteiger partial charge in [-0.3, -0.25) is 19.3 Å². The van der Waals surface area contributed by atoms with E-state index in [2.05, 4.69) is 5.32 Å². The predicted octanol–water partition coefficient (Wildman–Crippen LogP) is 0.265. The van der Waals surface area contributed by atoms with Crippen LogP contribution in [0.25, 0.3) is 0 Å². The molecule has 0 aromatic rings. The Morgan fingerprint density at radius 1 is 1.21 bits per heavy atom. The number of ketones is 1. The first-order valence-corrected chi connectivity index (χ1v) is 6.62. The average molecular weight is 270 g/mol. The Morgan fingerprint density at radius 2 is 1.74 bits per heavy atom. The van der Waals surface area contributed by atoms with Gasteiger partial charge in [-0.1, -0.05) is 13.8 Å². The number of hydrogen-bond donors (Lipinski definition) is 2. The standard InChI is InChI=1S/C13H22N2O4/c1-8(2)11(12(17)14-9(3)13(18)19)15-6-4-10(16)5-7-15/h8-9,11H,4-7H2,1-3H3,(H,14,17)(H,18,19). The quantitative estimate of drug-likeness (QED) is 0.748. The molecule has 1 amide bonds. The van der Waals surface area contributed by atoms with Crippen LogP contribution < -0.4 is 5.32 Å². The molecule has 1 rings (SSSR count). The van der Waals surface area contributed by atoms with E-state index in [1.165, 1.54) is 6.92 Å². The first kappa shape index (κ1) is 15.6. The minimum atomic E-state index is -1.05. The van der Waals surface area contributed by atoms with E-state index in [1.807, 2.05) is 18.7 Å². The minimum Gasteiger partial charge on any atom is -0.480 e. The van der Waals surface area contributed by atoms with E-state index in [0.29, 0.717) is 25.9 Å². The second kappa shape index (κ2) is 6.65. The molecule has 6 nitrogen and oxygen atoms in total. The molecule has 0 saturated carbocycles. The lowest BCUT2D eigenvalue weighted by Crippen LogP contribution is -2.55. The van der Waals surface area contributed by atoms with E-state index in [9.17, 15) is 14.4 Å². The monoisotopic (exact) mass is 270 g/mol. The normalized spacial score (nSPS) is 20.1. The largest absolute Gasteiger partial charge is 0.480 e. The summed E-state index contributed by atoms with van der Waals surface area (Å²) in [6, 6.07) is -1.28. The summed E-state index contributed by atoms with van der Waals surface area (Å²) in [5, 5.41) is 11.3. The van der Waals surface area contributed by atoms with Gasteiger partial charge in [-0.15, -0.1) is 0 Å². The van der Waals surface area contributed by atoms with Crippen LogP contribution in [0, 0.1) is 5.92 Å². The van der Waals surface area contributed by atoms with Crippen LogP contribution in [0.1, 0.15) is 33.6 Å². The second-order valence-electron chi connectivity index (χ2n) is 5.33. The number of carboxylic acids is 1. The van der Waals surface area contributed by atoms with Crippen LogP contribution in [0.15, 0.2) is 0 Å². The summed E-state index contributed by atoms with van der Waals surface area (Å²) < 4.78 is 0. The smallest absolute Gasteiger partial charge is 0.325 e. The van der Waals surface area contributed by atoms with E-state index in [0.717, 1.165) is 0 Å². The molecule has 1 aliphatic heterocycles. The van der Waals surface area contributed by atoms with Gasteiger partial charge in [0, 0.05) is 25.9 Å². The van der Waals surface area contributed by atoms with Crippen LogP contribution >= 0.6 is 0 Å². The van der Waals surface area contributed by atoms with Gasteiger partial charge >= 0.3 is 5.97 Å². The number of hydrogen-bond acceptors (Lipinski definition) is 4. The zero-order chi connectivity index (χ0) is 14.6. The molecule has 0 spiro atoms. The summed E-state index contributed by atoms with van der Waals surface area (Å²) in [7, 11) is 0. The molecule has 2 unspecified atom stereocenters. The van der Waals surface area contributed by atoms with Crippen molar-refractivity contribution < 1.29 is 19.5 Å². The molecule has 19 heavy (non-hydrogen) atoms. The Hall–Kier alpha value is -1.43. The molecule has 0 aromatic heterocycles. The highest BCUT2D eigenvalue weighted by Crippen LogP contribution is 2.16. The predicted molar refractivity (Wildman–Crippen MR) is 69.7 cm³/mol. The summed E-state index contributed by atoms with van der Waals surface area (Å²) in [5.41, 5.74) is 0. The van der Waals surface area contributed by atoms with Gasteiger partial charge in [0.05, 0.1) is 6.04 Å². The molecular weight excluding hydrogens is 248 g/mol. The van der Waals surface area contributed by atoms with E-state index < -0.39 is 12.0 Å². The highest BCUT2D eigenvalue weighted by atomic mass is 16.4. The number of likely N-dealkylation sites (tertiary alicyclic amines) is 1. The van der Waals surface area contributed by atoms with Crippen molar-refractivity contribution in [1.82, 2.24) is 10.2 Å². The van der Waals surface area contributed by atoms with Crippen LogP contribution in [0.2, 0.25) is 0 Å². The molecule has 0 bridgehead atoms. The van der Waals surface area contributed by atoms with Gasteiger partial charge in [0.1, 0.15) is 11.8 Å². The third-order valence-corrected chi connectivity index (χ3v) is 3.38. The summed E-state index contributed by atoms with van der Waals surface area (Å²) in [6.07, 6.45) is 0.927. The Bertz CT molecular complexity index is 358. The lowest BCUT2D eigenvalue weighted by atomic mass is 9.98. The highest BCUT2D eigenvalue weighted by Gasteiger charge is 2.32. The topological polar surface area (TPSA) is 86.7 Å². The van der Waals surface area contributed by atoms with Crippen molar-refractivity contribution in [3.05, 3.63) is 0 Å². The van der Waals surface area contributed by atoms with Crippen LogP contribution in [0.4, 0.5) is 0 Å². The number of nitrogens with one attached hydrogen (secondary N) is 1. The van der Waals surface area contributed by atoms with Crippen molar-refractivity contribution in [1.29, 1.82) is 0 Å². The van der Waals surface area contributed by atoms with Crippen molar-refractivity contribution >= 4 is 17.7 Å². The summed E-state index contributed by atoms with van der Waals surface area (Å²) >= 11 is 0. The Morgan fingerprint density at radius 3 is 2.16 bits per heavy atom. The average Bonchev–Trinajstić information content (AvgIpc) is 2.31. The maximum absolute atomic E-state index is 12.2. The lowest BCUT2D eigenvalue weighted by Gasteiger charge is -2.35. The lowest BCUT2D eigenvalue weighted by molar-refractivity contribution is -0.142. The van der Waals surface area contributed by atoms with Gasteiger partial charge < -0.3 is 10.4 Å². The Labute approximate surface area is 113 Å². The zero-order valence-electron chi connectivity index (χ0n) is 11.7. The molecule has 1 saturated heterocycles. The summed E-state index contributed by atoms with van der Waals surface area (Å²) in [6.45, 7) is 6.42. The van der Waals surface area contributed by atoms with Crippen LogP contribution in [-0.2, 0) is 14.4 Å². The number of piperidine rings is 1. The number of amides is 1. The fourth-order valence-corrected chi connectivity index (χ4v) is 2.30. The third kappa shape index (κ3) is 4.31. The van der Waals surface area contributed by atoms with Gasteiger partial charge in [-0.05, 0) is 12.8 Å². The Balaban J connectivity index is 2.69. The maximum Gasteiger partial charge on any atom is 0.325 e. The number of rotatable bonds is 5. The van der Waals surface area contributed by atoms with Crippen molar-refractivity contribution in [2.24, 2.45) is 5.92 Å². The molecule has 2 N–H and O–H groups in total. The van der Waals surface area contributed by atoms with Crippen LogP contribution in [0.5, 0.6) is 0 Å². The molecule has 0 aromatic carbocycles. The first-order valence-electron chi connectivity index (χ1n) is 6.62. The van der Waals surface area contributed by atoms with Gasteiger partial charge in [0.2, 0.25) is 5.91 Å². The van der Waals surface area contributed by atoms with E-state index >= 15 is 0 Å². The molecule has 1 fully saturated rings. The number of nitrogens with zero attached hydrogens (tertiary/aromatic N) is 1. The number of carboxylic acid groups (broad SMARTS) is 1. The molecule has 6 heteroatoms. The van der Waals surface area contributed by atoms with E-state index in [1.54, 1.807) is 0 Å². The third-order valence-electron chi connectivity index (χ3n) is 3.38. The SMILES string of the molecule is CC(NC(=O)C(C(C)C)N1CCC(=O)CC1)C(=O)O. The van der Waals surface area contributed by atoms with Crippen molar-refractivity contribution in [3.63, 3.8) is 0 Å². The molecule has 0 radical (unpaired) electrons. The van der Waals surface area contributed by atoms with Gasteiger partial charge in [-0.25, -0.2) is 0 Å². The fourth-order valence-electron chi connectivity index (χ4n) is 2.30. The molecule has 0 aliphatic carbocycles. The van der Waals surface area contributed by atoms with Crippen molar-refractivity contribution in [3.8, 4) is 0 Å². The van der Waals surface area contributed by atoms with Crippen LogP contribution in [-0.4, -0.2) is 52.8 Å². The Kier molecular flexibility index (Phi) is 5.47. The highest BCUT2D eigenvalue weighted by molar-refractivity contribution is 5.87. The zero-order valence-corrected chi connectivity index (χ0v) is 11.7. The fraction of sp³-hybridized carbons (Fsp3) is 0.769. The molecule has 2 atom stereocenters. The van der Waals surface area contributed by atoms with E-state index in [-0.39, 0.29) is 23.7 Å². The summed E-state index contributed by atoms with van der Waals surface area (Å²) in [5.74, 6) is -1.05. The number of aliphatic carboxylic acids is 1. The molecule has 108 valence electrons. The van der Waals surface area contributed by atoms with Crippen molar-refractivity contribution in [2.75, 3.05) is 13.1 Å². The minimum absolute atomic E-state index is 0.0641.